The zero-order valence-electron chi connectivity index (χ0n) is 9.32. The second kappa shape index (κ2) is 3.37. The Kier molecular flexibility index (Phi) is 2.30. The van der Waals surface area contributed by atoms with Crippen LogP contribution in [0.2, 0.25) is 0 Å². The highest BCUT2D eigenvalue weighted by Gasteiger charge is 2.32. The summed E-state index contributed by atoms with van der Waals surface area (Å²) in [5, 5.41) is 6.69. The number of anilines is 2. The maximum atomic E-state index is 5.79. The summed E-state index contributed by atoms with van der Waals surface area (Å²) >= 11 is 0. The number of rotatable bonds is 1. The number of ether oxygens (including phenoxy) is 1. The lowest BCUT2D eigenvalue weighted by atomic mass is 10.1. The fourth-order valence-electron chi connectivity index (χ4n) is 2.01. The molecule has 2 rings (SSSR count). The summed E-state index contributed by atoms with van der Waals surface area (Å²) in [7, 11) is 0. The minimum atomic E-state index is -0.174. The molecule has 0 aromatic carbocycles. The average Bonchev–Trinajstić information content (AvgIpc) is 2.48. The van der Waals surface area contributed by atoms with E-state index < -0.39 is 0 Å². The molecule has 0 saturated carbocycles. The predicted octanol–water partition coefficient (Wildman–Crippen LogP) is 0.391. The topological polar surface area (TPSA) is 80.1 Å². The fourth-order valence-corrected chi connectivity index (χ4v) is 2.01. The lowest BCUT2D eigenvalue weighted by Crippen LogP contribution is -2.52. The van der Waals surface area contributed by atoms with Crippen LogP contribution in [0.5, 0.6) is 0 Å². The molecule has 6 nitrogen and oxygen atoms in total. The van der Waals surface area contributed by atoms with E-state index in [1.54, 1.807) is 0 Å². The Hall–Kier alpha value is -1.30. The molecular formula is C9H17N5O. The molecule has 15 heavy (non-hydrogen) atoms. The average molecular weight is 211 g/mol. The van der Waals surface area contributed by atoms with E-state index in [4.69, 9.17) is 10.5 Å². The van der Waals surface area contributed by atoms with Gasteiger partial charge in [0.25, 0.3) is 0 Å². The molecule has 0 amide bonds. The first-order chi connectivity index (χ1) is 6.96. The summed E-state index contributed by atoms with van der Waals surface area (Å²) in [5.41, 5.74) is 5.33. The molecule has 2 heterocycles. The van der Waals surface area contributed by atoms with Crippen molar-refractivity contribution in [1.29, 1.82) is 0 Å². The van der Waals surface area contributed by atoms with Gasteiger partial charge in [-0.25, -0.2) is 5.10 Å². The van der Waals surface area contributed by atoms with E-state index in [2.05, 4.69) is 33.9 Å². The summed E-state index contributed by atoms with van der Waals surface area (Å²) in [4.78, 5) is 6.20. The summed E-state index contributed by atoms with van der Waals surface area (Å²) in [6, 6.07) is 0. The van der Waals surface area contributed by atoms with Gasteiger partial charge in [-0.2, -0.15) is 4.98 Å². The minimum absolute atomic E-state index is 0.174. The van der Waals surface area contributed by atoms with Gasteiger partial charge in [0.2, 0.25) is 11.9 Å². The van der Waals surface area contributed by atoms with Crippen LogP contribution in [0.3, 0.4) is 0 Å². The number of nitrogens with zero attached hydrogens (tertiary/aromatic N) is 3. The largest absolute Gasteiger partial charge is 0.369 e. The summed E-state index contributed by atoms with van der Waals surface area (Å²) < 4.78 is 5.79. The van der Waals surface area contributed by atoms with Gasteiger partial charge < -0.3 is 15.4 Å². The molecule has 0 bridgehead atoms. The molecule has 1 fully saturated rings. The second-order valence-electron chi connectivity index (χ2n) is 4.59. The molecule has 1 aromatic heterocycles. The van der Waals surface area contributed by atoms with E-state index in [1.165, 1.54) is 0 Å². The number of hydrogen-bond acceptors (Lipinski definition) is 5. The van der Waals surface area contributed by atoms with Crippen molar-refractivity contribution in [1.82, 2.24) is 15.2 Å². The van der Waals surface area contributed by atoms with Crippen LogP contribution < -0.4 is 10.6 Å². The molecule has 0 spiro atoms. The maximum absolute atomic E-state index is 5.79. The van der Waals surface area contributed by atoms with Gasteiger partial charge in [-0.3, -0.25) is 0 Å². The van der Waals surface area contributed by atoms with E-state index in [0.29, 0.717) is 11.9 Å². The molecular weight excluding hydrogens is 194 g/mol. The molecule has 3 N–H and O–H groups in total. The molecule has 1 aliphatic rings. The highest BCUT2D eigenvalue weighted by Crippen LogP contribution is 2.23. The Balaban J connectivity index is 2.16. The van der Waals surface area contributed by atoms with Gasteiger partial charge in [-0.1, -0.05) is 0 Å². The van der Waals surface area contributed by atoms with Crippen LogP contribution in [0.15, 0.2) is 0 Å². The fraction of sp³-hybridized carbons (Fsp3) is 0.778. The summed E-state index contributed by atoms with van der Waals surface area (Å²) in [6.07, 6.45) is 0.175. The van der Waals surface area contributed by atoms with Crippen LogP contribution in [-0.4, -0.2) is 40.0 Å². The van der Waals surface area contributed by atoms with Crippen LogP contribution in [0.25, 0.3) is 0 Å². The van der Waals surface area contributed by atoms with E-state index in [0.717, 1.165) is 13.1 Å². The smallest absolute Gasteiger partial charge is 0.246 e. The SMILES string of the molecule is CC1CN(c2n[nH]c(N)n2)CC(C)(C)O1. The van der Waals surface area contributed by atoms with Crippen LogP contribution >= 0.6 is 0 Å². The van der Waals surface area contributed by atoms with E-state index in [9.17, 15) is 0 Å². The molecule has 1 aliphatic heterocycles. The van der Waals surface area contributed by atoms with Crippen molar-refractivity contribution in [2.45, 2.75) is 32.5 Å². The number of H-pyrrole nitrogens is 1. The van der Waals surface area contributed by atoms with Crippen molar-refractivity contribution in [3.8, 4) is 0 Å². The zero-order valence-corrected chi connectivity index (χ0v) is 9.32. The van der Waals surface area contributed by atoms with E-state index in [-0.39, 0.29) is 11.7 Å². The van der Waals surface area contributed by atoms with Gasteiger partial charge >= 0.3 is 0 Å². The monoisotopic (exact) mass is 211 g/mol. The van der Waals surface area contributed by atoms with Gasteiger partial charge in [0.15, 0.2) is 0 Å². The first-order valence-electron chi connectivity index (χ1n) is 5.07. The third kappa shape index (κ3) is 2.20. The van der Waals surface area contributed by atoms with Crippen molar-refractivity contribution in [2.75, 3.05) is 23.7 Å². The Labute approximate surface area is 88.8 Å². The number of aromatic nitrogens is 3. The van der Waals surface area contributed by atoms with Crippen LogP contribution in [0.1, 0.15) is 20.8 Å². The Bertz CT molecular complexity index is 348. The van der Waals surface area contributed by atoms with Gasteiger partial charge in [0, 0.05) is 13.1 Å². The standard InChI is InChI=1S/C9H17N5O/c1-6-4-14(5-9(2,3)15-6)8-11-7(10)12-13-8/h6H,4-5H2,1-3H3,(H3,10,11,12,13). The summed E-state index contributed by atoms with van der Waals surface area (Å²) in [6.45, 7) is 7.73. The zero-order chi connectivity index (χ0) is 11.1. The first kappa shape index (κ1) is 10.2. The van der Waals surface area contributed by atoms with Crippen LogP contribution in [0, 0.1) is 0 Å². The van der Waals surface area contributed by atoms with Gasteiger partial charge in [-0.05, 0) is 20.8 Å². The second-order valence-corrected chi connectivity index (χ2v) is 4.59. The van der Waals surface area contributed by atoms with Gasteiger partial charge in [-0.15, -0.1) is 5.10 Å². The van der Waals surface area contributed by atoms with Crippen molar-refractivity contribution >= 4 is 11.9 Å². The lowest BCUT2D eigenvalue weighted by Gasteiger charge is -2.41. The Morgan fingerprint density at radius 2 is 2.33 bits per heavy atom. The number of nitrogens with two attached hydrogens (primary N) is 1. The third-order valence-corrected chi connectivity index (χ3v) is 2.34. The molecule has 0 aliphatic carbocycles. The molecule has 0 radical (unpaired) electrons. The van der Waals surface area contributed by atoms with Gasteiger partial charge in [0.05, 0.1) is 11.7 Å². The molecule has 1 unspecified atom stereocenters. The molecule has 6 heteroatoms. The molecule has 1 atom stereocenters. The van der Waals surface area contributed by atoms with Crippen molar-refractivity contribution in [2.24, 2.45) is 0 Å². The van der Waals surface area contributed by atoms with Crippen molar-refractivity contribution in [3.63, 3.8) is 0 Å². The van der Waals surface area contributed by atoms with Crippen LogP contribution in [-0.2, 0) is 4.74 Å². The Morgan fingerprint density at radius 1 is 1.60 bits per heavy atom. The third-order valence-electron chi connectivity index (χ3n) is 2.34. The normalized spacial score (nSPS) is 25.5. The lowest BCUT2D eigenvalue weighted by molar-refractivity contribution is -0.0753. The van der Waals surface area contributed by atoms with Gasteiger partial charge in [0.1, 0.15) is 0 Å². The molecule has 84 valence electrons. The van der Waals surface area contributed by atoms with Crippen LogP contribution in [0.4, 0.5) is 11.9 Å². The maximum Gasteiger partial charge on any atom is 0.246 e. The summed E-state index contributed by atoms with van der Waals surface area (Å²) in [5.74, 6) is 0.998. The minimum Gasteiger partial charge on any atom is -0.369 e. The van der Waals surface area contributed by atoms with E-state index >= 15 is 0 Å². The number of nitrogens with one attached hydrogen (secondary N) is 1. The number of hydrogen-bond donors (Lipinski definition) is 2. The molecule has 1 aromatic rings. The highest BCUT2D eigenvalue weighted by molar-refractivity contribution is 5.35. The van der Waals surface area contributed by atoms with E-state index in [1.807, 2.05) is 6.92 Å². The Morgan fingerprint density at radius 3 is 2.87 bits per heavy atom. The highest BCUT2D eigenvalue weighted by atomic mass is 16.5. The molecule has 1 saturated heterocycles. The number of morpholine rings is 1. The van der Waals surface area contributed by atoms with Crippen molar-refractivity contribution in [3.05, 3.63) is 0 Å². The van der Waals surface area contributed by atoms with Crippen molar-refractivity contribution < 1.29 is 4.74 Å². The number of nitrogen functional groups attached to an aromatic ring is 1. The number of aromatic amines is 1. The quantitative estimate of drug-likeness (QED) is 0.702. The first-order valence-corrected chi connectivity index (χ1v) is 5.07. The predicted molar refractivity (Wildman–Crippen MR) is 57.6 cm³/mol.